The third-order valence-corrected chi connectivity index (χ3v) is 6.60. The van der Waals surface area contributed by atoms with Gasteiger partial charge >= 0.3 is 0 Å². The average Bonchev–Trinajstić information content (AvgIpc) is 3.04. The Morgan fingerprint density at radius 1 is 1.30 bits per heavy atom. The monoisotopic (exact) mass is 410 g/mol. The minimum absolute atomic E-state index is 0.712. The lowest BCUT2D eigenvalue weighted by Gasteiger charge is -2.16. The molecule has 3 aromatic heterocycles. The highest BCUT2D eigenvalue weighted by atomic mass is 79.9. The van der Waals surface area contributed by atoms with Crippen LogP contribution in [0.5, 0.6) is 0 Å². The van der Waals surface area contributed by atoms with Gasteiger partial charge in [0.1, 0.15) is 12.4 Å². The molecule has 0 N–H and O–H groups in total. The number of thiazole rings is 1. The summed E-state index contributed by atoms with van der Waals surface area (Å²) in [5, 5.41) is 0.986. The third-order valence-electron chi connectivity index (χ3n) is 3.42. The Morgan fingerprint density at radius 2 is 2.09 bits per heavy atom. The van der Waals surface area contributed by atoms with Crippen LogP contribution >= 0.6 is 27.3 Å². The van der Waals surface area contributed by atoms with E-state index in [1.807, 2.05) is 25.4 Å². The Hall–Kier alpha value is -1.25. The minimum Gasteiger partial charge on any atom is -0.413 e. The summed E-state index contributed by atoms with van der Waals surface area (Å²) >= 11 is 4.97. The molecule has 0 unspecified atom stereocenters. The average molecular weight is 411 g/mol. The molecule has 3 aromatic rings. The smallest absolute Gasteiger partial charge is 0.179 e. The van der Waals surface area contributed by atoms with Crippen molar-refractivity contribution in [2.45, 2.75) is 32.6 Å². The van der Waals surface area contributed by atoms with Crippen LogP contribution in [0.2, 0.25) is 25.7 Å². The number of hydrogen-bond donors (Lipinski definition) is 0. The van der Waals surface area contributed by atoms with E-state index in [0.717, 1.165) is 37.4 Å². The van der Waals surface area contributed by atoms with E-state index in [1.165, 1.54) is 0 Å². The normalized spacial score (nSPS) is 12.0. The largest absolute Gasteiger partial charge is 0.413 e. The predicted octanol–water partition coefficient (Wildman–Crippen LogP) is 4.39. The van der Waals surface area contributed by atoms with E-state index < -0.39 is 8.07 Å². The van der Waals surface area contributed by atoms with Crippen LogP contribution in [0.1, 0.15) is 5.82 Å². The molecule has 3 rings (SSSR count). The molecule has 0 aromatic carbocycles. The standard InChI is InChI=1S/C15H19BrN4OSSi/c1-10-18-13(12-9-17-15(16)22-12)11-5-6-20(14(11)19-10)21-7-8-23(2,3)4/h5-6,9H,7-8H2,1-4H3. The van der Waals surface area contributed by atoms with E-state index in [2.05, 4.69) is 50.5 Å². The number of aryl methyl sites for hydroxylation is 1. The second-order valence-electron chi connectivity index (χ2n) is 6.62. The summed E-state index contributed by atoms with van der Waals surface area (Å²) in [6.45, 7) is 9.64. The second-order valence-corrected chi connectivity index (χ2v) is 14.5. The molecule has 0 spiro atoms. The first-order chi connectivity index (χ1) is 10.8. The van der Waals surface area contributed by atoms with E-state index in [9.17, 15) is 0 Å². The number of rotatable bonds is 5. The van der Waals surface area contributed by atoms with Gasteiger partial charge in [0.15, 0.2) is 9.56 Å². The number of hydrogen-bond acceptors (Lipinski definition) is 5. The SMILES string of the molecule is Cc1nc(-c2cnc(Br)s2)c2ccn(OCC[Si](C)(C)C)c2n1. The van der Waals surface area contributed by atoms with E-state index in [0.29, 0.717) is 6.61 Å². The molecular weight excluding hydrogens is 392 g/mol. The first-order valence-corrected chi connectivity index (χ1v) is 12.8. The van der Waals surface area contributed by atoms with Crippen molar-refractivity contribution in [2.75, 3.05) is 6.61 Å². The molecule has 5 nitrogen and oxygen atoms in total. The van der Waals surface area contributed by atoms with Crippen LogP contribution in [-0.4, -0.2) is 34.4 Å². The lowest BCUT2D eigenvalue weighted by molar-refractivity contribution is 0.130. The van der Waals surface area contributed by atoms with Crippen molar-refractivity contribution in [3.8, 4) is 10.6 Å². The van der Waals surface area contributed by atoms with Crippen molar-refractivity contribution in [1.29, 1.82) is 0 Å². The molecule has 0 aliphatic rings. The summed E-state index contributed by atoms with van der Waals surface area (Å²) < 4.78 is 2.62. The number of aromatic nitrogens is 4. The van der Waals surface area contributed by atoms with Crippen molar-refractivity contribution in [3.63, 3.8) is 0 Å². The molecule has 0 amide bonds. The third kappa shape index (κ3) is 3.81. The van der Waals surface area contributed by atoms with Gasteiger partial charge in [0, 0.05) is 25.9 Å². The molecule has 8 heteroatoms. The van der Waals surface area contributed by atoms with Crippen LogP contribution in [-0.2, 0) is 0 Å². The highest BCUT2D eigenvalue weighted by Gasteiger charge is 2.16. The topological polar surface area (TPSA) is 52.8 Å². The molecular formula is C15H19BrN4OSSi. The van der Waals surface area contributed by atoms with Gasteiger partial charge in [0.25, 0.3) is 0 Å². The summed E-state index contributed by atoms with van der Waals surface area (Å²) in [4.78, 5) is 20.3. The summed E-state index contributed by atoms with van der Waals surface area (Å²) in [6.07, 6.45) is 3.75. The Labute approximate surface area is 148 Å². The second kappa shape index (κ2) is 6.33. The fourth-order valence-electron chi connectivity index (χ4n) is 2.21. The number of nitrogens with zero attached hydrogens (tertiary/aromatic N) is 4. The lowest BCUT2D eigenvalue weighted by Crippen LogP contribution is -2.25. The summed E-state index contributed by atoms with van der Waals surface area (Å²) in [7, 11) is -1.11. The van der Waals surface area contributed by atoms with Crippen LogP contribution in [0.15, 0.2) is 22.4 Å². The van der Waals surface area contributed by atoms with Gasteiger partial charge in [-0.3, -0.25) is 0 Å². The molecule has 3 heterocycles. The Balaban J connectivity index is 1.95. The molecule has 0 bridgehead atoms. The van der Waals surface area contributed by atoms with Crippen LogP contribution in [0, 0.1) is 6.92 Å². The number of fused-ring (bicyclic) bond motifs is 1. The summed E-state index contributed by atoms with van der Waals surface area (Å²) in [6, 6.07) is 3.12. The minimum atomic E-state index is -1.11. The van der Waals surface area contributed by atoms with Gasteiger partial charge in [-0.25, -0.2) is 15.0 Å². The Morgan fingerprint density at radius 3 is 2.74 bits per heavy atom. The molecule has 0 aliphatic carbocycles. The number of halogens is 1. The van der Waals surface area contributed by atoms with Gasteiger partial charge in [0.05, 0.1) is 10.6 Å². The molecule has 0 fully saturated rings. The van der Waals surface area contributed by atoms with Gasteiger partial charge in [-0.1, -0.05) is 19.6 Å². The molecule has 0 saturated heterocycles. The maximum atomic E-state index is 5.93. The fraction of sp³-hybridized carbons (Fsp3) is 0.400. The van der Waals surface area contributed by atoms with E-state index in [4.69, 9.17) is 4.84 Å². The van der Waals surface area contributed by atoms with Crippen LogP contribution < -0.4 is 4.84 Å². The van der Waals surface area contributed by atoms with Gasteiger partial charge in [-0.15, -0.1) is 11.3 Å². The molecule has 0 radical (unpaired) electrons. The van der Waals surface area contributed by atoms with Crippen LogP contribution in [0.3, 0.4) is 0 Å². The maximum absolute atomic E-state index is 5.93. The predicted molar refractivity (Wildman–Crippen MR) is 101 cm³/mol. The van der Waals surface area contributed by atoms with Crippen molar-refractivity contribution >= 4 is 46.4 Å². The summed E-state index contributed by atoms with van der Waals surface area (Å²) in [5.41, 5.74) is 1.72. The first kappa shape index (κ1) is 16.6. The Bertz CT molecular complexity index is 840. The molecule has 0 aliphatic heterocycles. The van der Waals surface area contributed by atoms with Crippen molar-refractivity contribution in [2.24, 2.45) is 0 Å². The van der Waals surface area contributed by atoms with Crippen molar-refractivity contribution < 1.29 is 4.84 Å². The van der Waals surface area contributed by atoms with Crippen molar-refractivity contribution in [3.05, 3.63) is 28.2 Å². The zero-order valence-electron chi connectivity index (χ0n) is 13.6. The Kier molecular flexibility index (Phi) is 4.57. The van der Waals surface area contributed by atoms with Gasteiger partial charge < -0.3 is 4.84 Å². The maximum Gasteiger partial charge on any atom is 0.179 e. The molecule has 23 heavy (non-hydrogen) atoms. The summed E-state index contributed by atoms with van der Waals surface area (Å²) in [5.74, 6) is 0.728. The van der Waals surface area contributed by atoms with Crippen LogP contribution in [0.25, 0.3) is 21.6 Å². The quantitative estimate of drug-likeness (QED) is 0.585. The highest BCUT2D eigenvalue weighted by molar-refractivity contribution is 9.11. The molecule has 122 valence electrons. The van der Waals surface area contributed by atoms with E-state index in [1.54, 1.807) is 16.1 Å². The molecule has 0 saturated carbocycles. The van der Waals surface area contributed by atoms with Gasteiger partial charge in [0.2, 0.25) is 0 Å². The van der Waals surface area contributed by atoms with Crippen LogP contribution in [0.4, 0.5) is 0 Å². The van der Waals surface area contributed by atoms with E-state index >= 15 is 0 Å². The molecule has 0 atom stereocenters. The van der Waals surface area contributed by atoms with Crippen molar-refractivity contribution in [1.82, 2.24) is 19.7 Å². The lowest BCUT2D eigenvalue weighted by atomic mass is 10.2. The highest BCUT2D eigenvalue weighted by Crippen LogP contribution is 2.32. The van der Waals surface area contributed by atoms with E-state index in [-0.39, 0.29) is 0 Å². The zero-order valence-corrected chi connectivity index (χ0v) is 17.0. The van der Waals surface area contributed by atoms with Gasteiger partial charge in [-0.2, -0.15) is 4.73 Å². The first-order valence-electron chi connectivity index (χ1n) is 7.44. The fourth-order valence-corrected chi connectivity index (χ4v) is 4.18. The zero-order chi connectivity index (χ0) is 16.6. The van der Waals surface area contributed by atoms with Gasteiger partial charge in [-0.05, 0) is 35.0 Å².